The van der Waals surface area contributed by atoms with Gasteiger partial charge >= 0.3 is 12.2 Å². The van der Waals surface area contributed by atoms with Gasteiger partial charge in [-0.25, -0.2) is 9.59 Å². The lowest BCUT2D eigenvalue weighted by atomic mass is 9.98. The molecule has 3 fully saturated rings. The number of hydrogen-bond acceptors (Lipinski definition) is 7. The molecule has 0 saturated carbocycles. The molecule has 4 aliphatic rings. The van der Waals surface area contributed by atoms with Gasteiger partial charge in [0, 0.05) is 19.0 Å². The minimum atomic E-state index is -1.09. The summed E-state index contributed by atoms with van der Waals surface area (Å²) in [5.74, 6) is -0.812. The number of rotatable bonds is 6. The van der Waals surface area contributed by atoms with Gasteiger partial charge in [0.15, 0.2) is 0 Å². The van der Waals surface area contributed by atoms with Crippen molar-refractivity contribution < 1.29 is 28.7 Å². The maximum absolute atomic E-state index is 13.6. The van der Waals surface area contributed by atoms with Crippen molar-refractivity contribution in [3.63, 3.8) is 0 Å². The van der Waals surface area contributed by atoms with Crippen molar-refractivity contribution in [1.82, 2.24) is 20.0 Å². The second kappa shape index (κ2) is 11.5. The van der Waals surface area contributed by atoms with Crippen LogP contribution in [-0.2, 0) is 19.1 Å². The monoisotopic (exact) mass is 599 g/mol. The third-order valence-electron chi connectivity index (χ3n) is 8.91. The molecule has 3 aliphatic heterocycles. The van der Waals surface area contributed by atoms with Crippen molar-refractivity contribution in [2.24, 2.45) is 0 Å². The van der Waals surface area contributed by atoms with E-state index in [2.05, 4.69) is 35.7 Å². The molecule has 0 radical (unpaired) electrons. The summed E-state index contributed by atoms with van der Waals surface area (Å²) in [6, 6.07) is 15.7. The molecule has 6 rings (SSSR count). The predicted molar refractivity (Wildman–Crippen MR) is 159 cm³/mol. The smallest absolute Gasteiger partial charge is 0.410 e. The van der Waals surface area contributed by atoms with Gasteiger partial charge in [0.2, 0.25) is 11.8 Å². The van der Waals surface area contributed by atoms with Crippen molar-refractivity contribution in [3.8, 4) is 17.2 Å². The molecule has 0 aromatic heterocycles. The first-order chi connectivity index (χ1) is 21.1. The minimum Gasteiger partial charge on any atom is -0.448 e. The van der Waals surface area contributed by atoms with E-state index in [0.29, 0.717) is 25.8 Å². The molecule has 2 aromatic rings. The summed E-state index contributed by atoms with van der Waals surface area (Å²) in [6.07, 6.45) is 0.345. The third-order valence-corrected chi connectivity index (χ3v) is 8.91. The van der Waals surface area contributed by atoms with Crippen LogP contribution in [0.5, 0.6) is 0 Å². The number of alkyl carbamates (subject to hydrolysis) is 1. The molecule has 1 N–H and O–H groups in total. The van der Waals surface area contributed by atoms with Crippen molar-refractivity contribution in [3.05, 3.63) is 59.7 Å². The number of ether oxygens (including phenoxy) is 2. The molecular formula is C33H37N5O6. The van der Waals surface area contributed by atoms with E-state index in [4.69, 9.17) is 9.47 Å². The van der Waals surface area contributed by atoms with Crippen LogP contribution in [0.2, 0.25) is 0 Å². The molecule has 11 heteroatoms. The van der Waals surface area contributed by atoms with Crippen molar-refractivity contribution in [1.29, 1.82) is 5.26 Å². The number of carbonyl (C=O) groups is 4. The summed E-state index contributed by atoms with van der Waals surface area (Å²) < 4.78 is 11.2. The number of likely N-dealkylation sites (tertiary alicyclic amines) is 3. The normalized spacial score (nSPS) is 22.8. The maximum Gasteiger partial charge on any atom is 0.410 e. The SMILES string of the molecule is CC(C)(C)OC(=O)NC(CN1C(=O)[C@@H]2C[C@H]1CN2C(=O)OCC1c2ccccc2-c2ccccc21)C(=O)N1CCC[C@H]1C#N. The summed E-state index contributed by atoms with van der Waals surface area (Å²) in [4.78, 5) is 57.6. The molecule has 44 heavy (non-hydrogen) atoms. The fourth-order valence-electron chi connectivity index (χ4n) is 6.96. The van der Waals surface area contributed by atoms with E-state index in [9.17, 15) is 24.4 Å². The molecule has 11 nitrogen and oxygen atoms in total. The first kappa shape index (κ1) is 29.5. The van der Waals surface area contributed by atoms with Crippen LogP contribution in [0.15, 0.2) is 48.5 Å². The van der Waals surface area contributed by atoms with Gasteiger partial charge < -0.3 is 24.6 Å². The number of nitrogens with zero attached hydrogens (tertiary/aromatic N) is 4. The predicted octanol–water partition coefficient (Wildman–Crippen LogP) is 3.63. The van der Waals surface area contributed by atoms with Gasteiger partial charge in [-0.3, -0.25) is 14.5 Å². The fraction of sp³-hybridized carbons (Fsp3) is 0.485. The lowest BCUT2D eigenvalue weighted by Crippen LogP contribution is -2.59. The molecule has 2 aromatic carbocycles. The number of amides is 4. The first-order valence-electron chi connectivity index (χ1n) is 15.2. The zero-order valence-electron chi connectivity index (χ0n) is 25.2. The Hall–Kier alpha value is -4.59. The fourth-order valence-corrected chi connectivity index (χ4v) is 6.96. The van der Waals surface area contributed by atoms with E-state index in [1.54, 1.807) is 25.7 Å². The number of nitrogens with one attached hydrogen (secondary N) is 1. The zero-order chi connectivity index (χ0) is 31.2. The highest BCUT2D eigenvalue weighted by Gasteiger charge is 2.53. The topological polar surface area (TPSA) is 132 Å². The van der Waals surface area contributed by atoms with Crippen LogP contribution < -0.4 is 5.32 Å². The van der Waals surface area contributed by atoms with Crippen LogP contribution in [0.25, 0.3) is 11.1 Å². The molecule has 3 saturated heterocycles. The van der Waals surface area contributed by atoms with Gasteiger partial charge in [-0.05, 0) is 62.3 Å². The quantitative estimate of drug-likeness (QED) is 0.536. The van der Waals surface area contributed by atoms with Crippen molar-refractivity contribution >= 4 is 24.0 Å². The van der Waals surface area contributed by atoms with Gasteiger partial charge in [-0.1, -0.05) is 48.5 Å². The highest BCUT2D eigenvalue weighted by molar-refractivity contribution is 5.92. The van der Waals surface area contributed by atoms with Crippen molar-refractivity contribution in [2.75, 3.05) is 26.2 Å². The van der Waals surface area contributed by atoms with Crippen LogP contribution in [0.3, 0.4) is 0 Å². The van der Waals surface area contributed by atoms with Gasteiger partial charge in [0.25, 0.3) is 0 Å². The molecule has 3 heterocycles. The number of carbonyl (C=O) groups excluding carboxylic acids is 4. The van der Waals surface area contributed by atoms with Gasteiger partial charge in [0.05, 0.1) is 18.7 Å². The maximum atomic E-state index is 13.6. The summed E-state index contributed by atoms with van der Waals surface area (Å²) >= 11 is 0. The highest BCUT2D eigenvalue weighted by Crippen LogP contribution is 2.44. The van der Waals surface area contributed by atoms with E-state index in [1.807, 2.05) is 24.3 Å². The van der Waals surface area contributed by atoms with Crippen LogP contribution in [0.4, 0.5) is 9.59 Å². The van der Waals surface area contributed by atoms with E-state index in [0.717, 1.165) is 22.3 Å². The van der Waals surface area contributed by atoms with Crippen LogP contribution in [-0.4, -0.2) is 94.7 Å². The Morgan fingerprint density at radius 2 is 1.70 bits per heavy atom. The summed E-state index contributed by atoms with van der Waals surface area (Å²) in [6.45, 7) is 5.91. The average molecular weight is 600 g/mol. The van der Waals surface area contributed by atoms with Crippen LogP contribution in [0.1, 0.15) is 57.1 Å². The van der Waals surface area contributed by atoms with Crippen LogP contribution in [0, 0.1) is 11.3 Å². The van der Waals surface area contributed by atoms with Gasteiger partial charge in [-0.15, -0.1) is 0 Å². The number of benzene rings is 2. The summed E-state index contributed by atoms with van der Waals surface area (Å²) in [7, 11) is 0. The lowest BCUT2D eigenvalue weighted by molar-refractivity contribution is -0.139. The molecule has 230 valence electrons. The largest absolute Gasteiger partial charge is 0.448 e. The Balaban J connectivity index is 1.12. The Bertz CT molecular complexity index is 1480. The summed E-state index contributed by atoms with van der Waals surface area (Å²) in [5, 5.41) is 12.2. The Morgan fingerprint density at radius 1 is 1.05 bits per heavy atom. The second-order valence-corrected chi connectivity index (χ2v) is 12.9. The number of piperazine rings is 1. The number of fused-ring (bicyclic) bond motifs is 5. The minimum absolute atomic E-state index is 0.0781. The first-order valence-corrected chi connectivity index (χ1v) is 15.2. The highest BCUT2D eigenvalue weighted by atomic mass is 16.6. The molecule has 0 spiro atoms. The molecule has 1 unspecified atom stereocenters. The van der Waals surface area contributed by atoms with Gasteiger partial charge in [0.1, 0.15) is 30.3 Å². The molecule has 2 bridgehead atoms. The standard InChI is InChI=1S/C33H37N5O6/c1-33(2,3)44-31(41)35-27(29(39)36-14-8-9-20(36)16-34)18-37-21-15-28(30(37)40)38(17-21)32(42)43-19-26-24-12-6-4-10-22(24)23-11-5-7-13-25(23)26/h4-7,10-13,20-21,26-28H,8-9,14-15,17-19H2,1-3H3,(H,35,41)/t20-,21-,27?,28-/m0/s1. The zero-order valence-corrected chi connectivity index (χ0v) is 25.2. The van der Waals surface area contributed by atoms with Gasteiger partial charge in [-0.2, -0.15) is 5.26 Å². The number of hydrogen-bond donors (Lipinski definition) is 1. The Kier molecular flexibility index (Phi) is 7.70. The lowest BCUT2D eigenvalue weighted by Gasteiger charge is -2.36. The summed E-state index contributed by atoms with van der Waals surface area (Å²) in [5.41, 5.74) is 3.70. The number of nitriles is 1. The Morgan fingerprint density at radius 3 is 2.32 bits per heavy atom. The molecule has 4 amide bonds. The average Bonchev–Trinajstić information content (AvgIpc) is 3.77. The molecular weight excluding hydrogens is 562 g/mol. The van der Waals surface area contributed by atoms with Crippen LogP contribution >= 0.6 is 0 Å². The molecule has 1 aliphatic carbocycles. The van der Waals surface area contributed by atoms with Crippen molar-refractivity contribution in [2.45, 2.75) is 75.7 Å². The van der Waals surface area contributed by atoms with E-state index < -0.39 is 41.8 Å². The van der Waals surface area contributed by atoms with E-state index >= 15 is 0 Å². The Labute approximate surface area is 256 Å². The second-order valence-electron chi connectivity index (χ2n) is 12.9. The molecule has 4 atom stereocenters. The third kappa shape index (κ3) is 5.45. The van der Waals surface area contributed by atoms with E-state index in [1.165, 1.54) is 9.80 Å². The van der Waals surface area contributed by atoms with E-state index in [-0.39, 0.29) is 37.6 Å².